The van der Waals surface area contributed by atoms with Gasteiger partial charge in [0.25, 0.3) is 0 Å². The first kappa shape index (κ1) is 9.60. The molecular formula is C11H13NO. The molecule has 0 fully saturated rings. The van der Waals surface area contributed by atoms with Crippen LogP contribution in [-0.2, 0) is 0 Å². The van der Waals surface area contributed by atoms with Crippen molar-refractivity contribution in [2.75, 3.05) is 7.11 Å². The van der Waals surface area contributed by atoms with Gasteiger partial charge in [-0.05, 0) is 23.6 Å². The average Bonchev–Trinajstić information content (AvgIpc) is 2.18. The molecule has 1 rings (SSSR count). The van der Waals surface area contributed by atoms with Gasteiger partial charge in [0.2, 0.25) is 0 Å². The number of benzene rings is 1. The molecule has 1 aromatic carbocycles. The van der Waals surface area contributed by atoms with E-state index in [1.165, 1.54) is 5.56 Å². The lowest BCUT2D eigenvalue weighted by Crippen LogP contribution is -1.91. The molecule has 0 bridgehead atoms. The highest BCUT2D eigenvalue weighted by Crippen LogP contribution is 2.20. The van der Waals surface area contributed by atoms with Crippen LogP contribution in [0.1, 0.15) is 24.8 Å². The summed E-state index contributed by atoms with van der Waals surface area (Å²) >= 11 is 0. The van der Waals surface area contributed by atoms with Gasteiger partial charge in [-0.3, -0.25) is 0 Å². The highest BCUT2D eigenvalue weighted by Gasteiger charge is 2.03. The highest BCUT2D eigenvalue weighted by atomic mass is 16.5. The van der Waals surface area contributed by atoms with Crippen molar-refractivity contribution in [2.24, 2.45) is 0 Å². The van der Waals surface area contributed by atoms with Crippen LogP contribution in [0.3, 0.4) is 0 Å². The first-order chi connectivity index (χ1) is 6.27. The topological polar surface area (TPSA) is 33.0 Å². The summed E-state index contributed by atoms with van der Waals surface area (Å²) in [7, 11) is 1.65. The minimum Gasteiger partial charge on any atom is -0.497 e. The van der Waals surface area contributed by atoms with Gasteiger partial charge in [0.15, 0.2) is 0 Å². The summed E-state index contributed by atoms with van der Waals surface area (Å²) < 4.78 is 5.04. The molecule has 0 N–H and O–H groups in total. The van der Waals surface area contributed by atoms with E-state index in [1.807, 2.05) is 31.2 Å². The molecule has 0 aromatic heterocycles. The Labute approximate surface area is 78.8 Å². The van der Waals surface area contributed by atoms with Gasteiger partial charge in [0.05, 0.1) is 13.2 Å². The Hall–Kier alpha value is -1.49. The van der Waals surface area contributed by atoms with E-state index in [0.29, 0.717) is 12.3 Å². The molecule has 68 valence electrons. The predicted octanol–water partition coefficient (Wildman–Crippen LogP) is 2.71. The van der Waals surface area contributed by atoms with E-state index >= 15 is 0 Å². The van der Waals surface area contributed by atoms with Gasteiger partial charge in [0, 0.05) is 6.42 Å². The van der Waals surface area contributed by atoms with E-state index in [-0.39, 0.29) is 0 Å². The number of hydrogen-bond acceptors (Lipinski definition) is 2. The zero-order chi connectivity index (χ0) is 9.68. The van der Waals surface area contributed by atoms with Crippen molar-refractivity contribution in [1.82, 2.24) is 0 Å². The second-order valence-corrected chi connectivity index (χ2v) is 3.04. The number of hydrogen-bond donors (Lipinski definition) is 0. The van der Waals surface area contributed by atoms with Crippen LogP contribution >= 0.6 is 0 Å². The van der Waals surface area contributed by atoms with Crippen LogP contribution in [0.5, 0.6) is 5.75 Å². The molecule has 0 aliphatic carbocycles. The van der Waals surface area contributed by atoms with E-state index in [2.05, 4.69) is 6.07 Å². The largest absolute Gasteiger partial charge is 0.497 e. The van der Waals surface area contributed by atoms with Crippen LogP contribution in [-0.4, -0.2) is 7.11 Å². The second-order valence-electron chi connectivity index (χ2n) is 3.04. The first-order valence-corrected chi connectivity index (χ1v) is 4.29. The van der Waals surface area contributed by atoms with Crippen molar-refractivity contribution in [1.29, 1.82) is 5.26 Å². The van der Waals surface area contributed by atoms with Crippen molar-refractivity contribution in [3.05, 3.63) is 29.8 Å². The van der Waals surface area contributed by atoms with Crippen LogP contribution in [0.15, 0.2) is 24.3 Å². The molecule has 0 radical (unpaired) electrons. The molecule has 0 aliphatic heterocycles. The zero-order valence-electron chi connectivity index (χ0n) is 7.95. The summed E-state index contributed by atoms with van der Waals surface area (Å²) in [6.45, 7) is 2.05. The van der Waals surface area contributed by atoms with Crippen molar-refractivity contribution in [2.45, 2.75) is 19.3 Å². The van der Waals surface area contributed by atoms with Crippen molar-refractivity contribution in [3.63, 3.8) is 0 Å². The van der Waals surface area contributed by atoms with Gasteiger partial charge in [-0.1, -0.05) is 19.1 Å². The SMILES string of the molecule is COc1ccc([C@@H](C)CC#N)cc1. The van der Waals surface area contributed by atoms with Gasteiger partial charge in [0.1, 0.15) is 5.75 Å². The molecular weight excluding hydrogens is 162 g/mol. The smallest absolute Gasteiger partial charge is 0.118 e. The third kappa shape index (κ3) is 2.48. The molecule has 0 amide bonds. The standard InChI is InChI=1S/C11H13NO/c1-9(7-8-12)10-3-5-11(13-2)6-4-10/h3-6,9H,7H2,1-2H3/t9-/m0/s1. The third-order valence-corrected chi connectivity index (χ3v) is 2.08. The highest BCUT2D eigenvalue weighted by molar-refractivity contribution is 5.29. The zero-order valence-corrected chi connectivity index (χ0v) is 7.95. The maximum Gasteiger partial charge on any atom is 0.118 e. The van der Waals surface area contributed by atoms with Crippen molar-refractivity contribution < 1.29 is 4.74 Å². The summed E-state index contributed by atoms with van der Waals surface area (Å²) in [4.78, 5) is 0. The van der Waals surface area contributed by atoms with E-state index in [4.69, 9.17) is 10.00 Å². The lowest BCUT2D eigenvalue weighted by atomic mass is 9.99. The average molecular weight is 175 g/mol. The van der Waals surface area contributed by atoms with Gasteiger partial charge >= 0.3 is 0 Å². The van der Waals surface area contributed by atoms with Gasteiger partial charge in [-0.25, -0.2) is 0 Å². The Balaban J connectivity index is 2.74. The molecule has 0 saturated carbocycles. The molecule has 13 heavy (non-hydrogen) atoms. The molecule has 2 heteroatoms. The van der Waals surface area contributed by atoms with E-state index in [9.17, 15) is 0 Å². The molecule has 0 unspecified atom stereocenters. The van der Waals surface area contributed by atoms with Crippen molar-refractivity contribution in [3.8, 4) is 11.8 Å². The minimum absolute atomic E-state index is 0.302. The van der Waals surface area contributed by atoms with E-state index < -0.39 is 0 Å². The maximum absolute atomic E-state index is 8.52. The Morgan fingerprint density at radius 1 is 1.38 bits per heavy atom. The Bertz CT molecular complexity index is 297. The maximum atomic E-state index is 8.52. The third-order valence-electron chi connectivity index (χ3n) is 2.08. The van der Waals surface area contributed by atoms with Crippen LogP contribution in [0.2, 0.25) is 0 Å². The first-order valence-electron chi connectivity index (χ1n) is 4.29. The second kappa shape index (κ2) is 4.51. The number of nitrogens with zero attached hydrogens (tertiary/aromatic N) is 1. The molecule has 1 aromatic rings. The van der Waals surface area contributed by atoms with Crippen LogP contribution in [0.4, 0.5) is 0 Å². The fourth-order valence-electron chi connectivity index (χ4n) is 1.19. The quantitative estimate of drug-likeness (QED) is 0.707. The summed E-state index contributed by atoms with van der Waals surface area (Å²) in [5.41, 5.74) is 1.18. The summed E-state index contributed by atoms with van der Waals surface area (Å²) in [5.74, 6) is 1.16. The van der Waals surface area contributed by atoms with Crippen LogP contribution in [0.25, 0.3) is 0 Å². The van der Waals surface area contributed by atoms with E-state index in [0.717, 1.165) is 5.75 Å². The summed E-state index contributed by atoms with van der Waals surface area (Å²) in [5, 5.41) is 8.52. The minimum atomic E-state index is 0.302. The molecule has 0 spiro atoms. The van der Waals surface area contributed by atoms with Crippen molar-refractivity contribution >= 4 is 0 Å². The number of methoxy groups -OCH3 is 1. The summed E-state index contributed by atoms with van der Waals surface area (Å²) in [6, 6.07) is 10.0. The van der Waals surface area contributed by atoms with E-state index in [1.54, 1.807) is 7.11 Å². The Morgan fingerprint density at radius 3 is 2.46 bits per heavy atom. The summed E-state index contributed by atoms with van der Waals surface area (Å²) in [6.07, 6.45) is 0.562. The lowest BCUT2D eigenvalue weighted by Gasteiger charge is -2.07. The molecule has 0 saturated heterocycles. The molecule has 1 atom stereocenters. The lowest BCUT2D eigenvalue weighted by molar-refractivity contribution is 0.414. The predicted molar refractivity (Wildman–Crippen MR) is 51.6 cm³/mol. The number of rotatable bonds is 3. The number of ether oxygens (including phenoxy) is 1. The fraction of sp³-hybridized carbons (Fsp3) is 0.364. The van der Waals surface area contributed by atoms with Crippen LogP contribution < -0.4 is 4.74 Å². The molecule has 2 nitrogen and oxygen atoms in total. The Kier molecular flexibility index (Phi) is 3.33. The number of nitriles is 1. The van der Waals surface area contributed by atoms with Gasteiger partial charge in [-0.2, -0.15) is 5.26 Å². The Morgan fingerprint density at radius 2 is 2.00 bits per heavy atom. The normalized spacial score (nSPS) is 11.8. The monoisotopic (exact) mass is 175 g/mol. The molecule has 0 heterocycles. The van der Waals surface area contributed by atoms with Gasteiger partial charge in [-0.15, -0.1) is 0 Å². The van der Waals surface area contributed by atoms with Gasteiger partial charge < -0.3 is 4.74 Å². The van der Waals surface area contributed by atoms with Crippen LogP contribution in [0, 0.1) is 11.3 Å². The molecule has 0 aliphatic rings. The fourth-order valence-corrected chi connectivity index (χ4v) is 1.19.